The maximum atomic E-state index is 12.5. The van der Waals surface area contributed by atoms with Crippen LogP contribution in [0.15, 0.2) is 48.5 Å². The van der Waals surface area contributed by atoms with Crippen LogP contribution in [0.25, 0.3) is 0 Å². The Bertz CT molecular complexity index is 787. The summed E-state index contributed by atoms with van der Waals surface area (Å²) in [4.78, 5) is 14.9. The van der Waals surface area contributed by atoms with Gasteiger partial charge >= 0.3 is 6.03 Å². The summed E-state index contributed by atoms with van der Waals surface area (Å²) in [6, 6.07) is 15.1. The second-order valence-corrected chi connectivity index (χ2v) is 7.92. The van der Waals surface area contributed by atoms with Crippen molar-refractivity contribution in [2.45, 2.75) is 45.6 Å². The van der Waals surface area contributed by atoms with Crippen LogP contribution in [0.5, 0.6) is 0 Å². The average Bonchev–Trinajstić information content (AvgIpc) is 2.63. The lowest BCUT2D eigenvalue weighted by atomic mass is 10.1. The van der Waals surface area contributed by atoms with Crippen molar-refractivity contribution in [3.63, 3.8) is 0 Å². The number of anilines is 1. The number of morpholine rings is 1. The predicted octanol–water partition coefficient (Wildman–Crippen LogP) is 4.83. The zero-order valence-electron chi connectivity index (χ0n) is 16.6. The number of carbonyl (C=O) groups is 1. The van der Waals surface area contributed by atoms with E-state index in [1.807, 2.05) is 49.4 Å². The number of amides is 2. The van der Waals surface area contributed by atoms with Gasteiger partial charge in [0.25, 0.3) is 0 Å². The quantitative estimate of drug-likeness (QED) is 0.754. The van der Waals surface area contributed by atoms with Crippen LogP contribution in [0.1, 0.15) is 37.9 Å². The second-order valence-electron chi connectivity index (χ2n) is 7.48. The fourth-order valence-corrected chi connectivity index (χ4v) is 3.75. The molecule has 0 bridgehead atoms. The molecule has 3 atom stereocenters. The first-order valence-electron chi connectivity index (χ1n) is 9.69. The van der Waals surface area contributed by atoms with E-state index >= 15 is 0 Å². The van der Waals surface area contributed by atoms with Crippen molar-refractivity contribution in [1.82, 2.24) is 10.2 Å². The molecule has 5 nitrogen and oxygen atoms in total. The summed E-state index contributed by atoms with van der Waals surface area (Å²) in [7, 11) is 0. The Labute approximate surface area is 172 Å². The fourth-order valence-electron chi connectivity index (χ4n) is 3.62. The number of para-hydroxylation sites is 1. The molecule has 6 heteroatoms. The fraction of sp³-hybridized carbons (Fsp3) is 0.409. The van der Waals surface area contributed by atoms with Crippen LogP contribution in [0, 0.1) is 0 Å². The van der Waals surface area contributed by atoms with E-state index in [2.05, 4.69) is 35.4 Å². The topological polar surface area (TPSA) is 53.6 Å². The van der Waals surface area contributed by atoms with E-state index in [1.54, 1.807) is 0 Å². The smallest absolute Gasteiger partial charge is 0.319 e. The number of nitrogens with zero attached hydrogens (tertiary/aromatic N) is 1. The molecule has 0 spiro atoms. The molecule has 0 aliphatic carbocycles. The molecule has 1 aliphatic rings. The van der Waals surface area contributed by atoms with Crippen molar-refractivity contribution in [2.75, 3.05) is 18.4 Å². The summed E-state index contributed by atoms with van der Waals surface area (Å²) in [6.45, 7) is 8.69. The number of hydrogen-bond acceptors (Lipinski definition) is 3. The van der Waals surface area contributed by atoms with Crippen LogP contribution >= 0.6 is 11.6 Å². The monoisotopic (exact) mass is 401 g/mol. The molecule has 0 aromatic heterocycles. The van der Waals surface area contributed by atoms with Crippen LogP contribution < -0.4 is 10.6 Å². The number of urea groups is 1. The average molecular weight is 402 g/mol. The molecule has 2 N–H and O–H groups in total. The predicted molar refractivity (Wildman–Crippen MR) is 114 cm³/mol. The normalized spacial score (nSPS) is 21.1. The summed E-state index contributed by atoms with van der Waals surface area (Å²) in [5, 5.41) is 6.66. The van der Waals surface area contributed by atoms with Gasteiger partial charge in [-0.15, -0.1) is 0 Å². The highest BCUT2D eigenvalue weighted by Crippen LogP contribution is 2.21. The summed E-state index contributed by atoms with van der Waals surface area (Å²) in [5.74, 6) is 0. The zero-order valence-corrected chi connectivity index (χ0v) is 17.4. The van der Waals surface area contributed by atoms with Crippen LogP contribution in [0.3, 0.4) is 0 Å². The van der Waals surface area contributed by atoms with Gasteiger partial charge in [0.1, 0.15) is 0 Å². The van der Waals surface area contributed by atoms with E-state index in [1.165, 1.54) is 0 Å². The van der Waals surface area contributed by atoms with Gasteiger partial charge in [0.05, 0.1) is 18.2 Å². The SMILES string of the molecule is CC1CN(Cc2ccccc2NC(=O)NC(C)c2ccc(Cl)cc2)CC(C)O1. The van der Waals surface area contributed by atoms with Crippen molar-refractivity contribution in [3.05, 3.63) is 64.7 Å². The minimum atomic E-state index is -0.224. The van der Waals surface area contributed by atoms with Gasteiger partial charge in [-0.05, 0) is 50.1 Å². The Morgan fingerprint density at radius 3 is 2.46 bits per heavy atom. The molecule has 3 unspecified atom stereocenters. The third-order valence-electron chi connectivity index (χ3n) is 4.87. The lowest BCUT2D eigenvalue weighted by Crippen LogP contribution is -2.45. The first-order chi connectivity index (χ1) is 13.4. The van der Waals surface area contributed by atoms with Gasteiger partial charge in [0.15, 0.2) is 0 Å². The third-order valence-corrected chi connectivity index (χ3v) is 5.12. The summed E-state index contributed by atoms with van der Waals surface area (Å²) in [5.41, 5.74) is 2.93. The van der Waals surface area contributed by atoms with Crippen molar-refractivity contribution >= 4 is 23.3 Å². The Kier molecular flexibility index (Phi) is 6.94. The minimum Gasteiger partial charge on any atom is -0.373 e. The van der Waals surface area contributed by atoms with Crippen LogP contribution in [0.2, 0.25) is 5.02 Å². The summed E-state index contributed by atoms with van der Waals surface area (Å²) >= 11 is 5.93. The summed E-state index contributed by atoms with van der Waals surface area (Å²) in [6.07, 6.45) is 0.430. The molecule has 28 heavy (non-hydrogen) atoms. The maximum Gasteiger partial charge on any atom is 0.319 e. The number of nitrogens with one attached hydrogen (secondary N) is 2. The van der Waals surface area contributed by atoms with Gasteiger partial charge < -0.3 is 15.4 Å². The van der Waals surface area contributed by atoms with Gasteiger partial charge in [-0.2, -0.15) is 0 Å². The van der Waals surface area contributed by atoms with Crippen molar-refractivity contribution in [3.8, 4) is 0 Å². The summed E-state index contributed by atoms with van der Waals surface area (Å²) < 4.78 is 5.81. The lowest BCUT2D eigenvalue weighted by molar-refractivity contribution is -0.0704. The number of ether oxygens (including phenoxy) is 1. The number of halogens is 1. The standard InChI is InChI=1S/C22H28ClN3O2/c1-15-12-26(13-16(2)28-15)14-19-6-4-5-7-21(19)25-22(27)24-17(3)18-8-10-20(23)11-9-18/h4-11,15-17H,12-14H2,1-3H3,(H2,24,25,27). The lowest BCUT2D eigenvalue weighted by Gasteiger charge is -2.35. The van der Waals surface area contributed by atoms with Crippen LogP contribution in [-0.4, -0.2) is 36.2 Å². The zero-order chi connectivity index (χ0) is 20.1. The number of rotatable bonds is 5. The van der Waals surface area contributed by atoms with Crippen molar-refractivity contribution in [2.24, 2.45) is 0 Å². The molecule has 2 aromatic carbocycles. The molecule has 1 heterocycles. The van der Waals surface area contributed by atoms with Gasteiger partial charge in [0, 0.05) is 30.3 Å². The molecule has 3 rings (SSSR count). The molecule has 1 fully saturated rings. The molecule has 0 saturated carbocycles. The minimum absolute atomic E-state index is 0.120. The van der Waals surface area contributed by atoms with E-state index in [4.69, 9.17) is 16.3 Å². The number of carbonyl (C=O) groups excluding carboxylic acids is 1. The van der Waals surface area contributed by atoms with E-state index in [0.29, 0.717) is 5.02 Å². The van der Waals surface area contributed by atoms with Gasteiger partial charge in [0.2, 0.25) is 0 Å². The van der Waals surface area contributed by atoms with Gasteiger partial charge in [-0.3, -0.25) is 4.90 Å². The molecule has 2 amide bonds. The van der Waals surface area contributed by atoms with E-state index in [-0.39, 0.29) is 24.3 Å². The Morgan fingerprint density at radius 1 is 1.14 bits per heavy atom. The molecule has 0 radical (unpaired) electrons. The molecule has 1 saturated heterocycles. The van der Waals surface area contributed by atoms with Crippen molar-refractivity contribution in [1.29, 1.82) is 0 Å². The Balaban J connectivity index is 1.62. The Morgan fingerprint density at radius 2 is 1.79 bits per heavy atom. The van der Waals surface area contributed by atoms with Gasteiger partial charge in [-0.25, -0.2) is 4.79 Å². The number of benzene rings is 2. The van der Waals surface area contributed by atoms with Gasteiger partial charge in [-0.1, -0.05) is 41.9 Å². The highest BCUT2D eigenvalue weighted by Gasteiger charge is 2.23. The first-order valence-corrected chi connectivity index (χ1v) is 10.1. The molecular weight excluding hydrogens is 374 g/mol. The molecule has 150 valence electrons. The highest BCUT2D eigenvalue weighted by atomic mass is 35.5. The third kappa shape index (κ3) is 5.71. The van der Waals surface area contributed by atoms with E-state index < -0.39 is 0 Å². The molecule has 1 aliphatic heterocycles. The van der Waals surface area contributed by atoms with Crippen LogP contribution in [-0.2, 0) is 11.3 Å². The van der Waals surface area contributed by atoms with E-state index in [9.17, 15) is 4.79 Å². The number of hydrogen-bond donors (Lipinski definition) is 2. The molecule has 2 aromatic rings. The van der Waals surface area contributed by atoms with Crippen LogP contribution in [0.4, 0.5) is 10.5 Å². The largest absolute Gasteiger partial charge is 0.373 e. The van der Waals surface area contributed by atoms with Crippen molar-refractivity contribution < 1.29 is 9.53 Å². The second kappa shape index (κ2) is 9.41. The molecular formula is C22H28ClN3O2. The Hall–Kier alpha value is -2.08. The highest BCUT2D eigenvalue weighted by molar-refractivity contribution is 6.30. The first kappa shape index (κ1) is 20.6. The maximum absolute atomic E-state index is 12.5. The van der Waals surface area contributed by atoms with E-state index in [0.717, 1.165) is 36.4 Å².